The number of hydrogen-bond acceptors (Lipinski definition) is 4. The standard InChI is InChI=1S/C32H29NO4/c1-21(17-32(34)33-16-15-23-10-5-7-14-29(23)35-2)26-18-27-28(20-37-31(27)19-30(26)36-3)25-13-8-11-22-9-4-6-12-24(22)25/h4-14,17-20H,15-16H2,1-3H3,(H,33,34)/b21-17+. The van der Waals surface area contributed by atoms with Gasteiger partial charge in [0.1, 0.15) is 17.1 Å². The summed E-state index contributed by atoms with van der Waals surface area (Å²) in [7, 11) is 3.28. The topological polar surface area (TPSA) is 60.7 Å². The lowest BCUT2D eigenvalue weighted by Gasteiger charge is -2.11. The van der Waals surface area contributed by atoms with Crippen molar-refractivity contribution in [1.82, 2.24) is 5.32 Å². The molecule has 0 radical (unpaired) electrons. The lowest BCUT2D eigenvalue weighted by Crippen LogP contribution is -2.24. The van der Waals surface area contributed by atoms with E-state index in [1.54, 1.807) is 26.6 Å². The molecule has 0 bridgehead atoms. The molecule has 0 aliphatic rings. The third-order valence-corrected chi connectivity index (χ3v) is 6.63. The molecule has 1 heterocycles. The van der Waals surface area contributed by atoms with E-state index in [9.17, 15) is 4.79 Å². The van der Waals surface area contributed by atoms with Gasteiger partial charge in [-0.1, -0.05) is 60.7 Å². The second-order valence-electron chi connectivity index (χ2n) is 8.90. The molecular formula is C32H29NO4. The Bertz CT molecular complexity index is 1610. The van der Waals surface area contributed by atoms with E-state index in [0.29, 0.717) is 18.7 Å². The first-order chi connectivity index (χ1) is 18.1. The summed E-state index contributed by atoms with van der Waals surface area (Å²) in [5, 5.41) is 6.28. The zero-order chi connectivity index (χ0) is 25.8. The van der Waals surface area contributed by atoms with Crippen LogP contribution in [0.15, 0.2) is 95.6 Å². The molecule has 37 heavy (non-hydrogen) atoms. The number of nitrogens with one attached hydrogen (secondary N) is 1. The molecular weight excluding hydrogens is 462 g/mol. The SMILES string of the molecule is COc1ccccc1CCNC(=O)/C=C(\C)c1cc2c(-c3cccc4ccccc34)coc2cc1OC. The lowest BCUT2D eigenvalue weighted by molar-refractivity contribution is -0.116. The summed E-state index contributed by atoms with van der Waals surface area (Å²) in [5.41, 5.74) is 5.54. The third kappa shape index (κ3) is 4.94. The van der Waals surface area contributed by atoms with Gasteiger partial charge in [0.05, 0.1) is 20.5 Å². The average Bonchev–Trinajstić information content (AvgIpc) is 3.34. The maximum atomic E-state index is 12.7. The van der Waals surface area contributed by atoms with Crippen molar-refractivity contribution in [3.8, 4) is 22.6 Å². The normalized spacial score (nSPS) is 11.6. The van der Waals surface area contributed by atoms with Crippen molar-refractivity contribution in [3.05, 3.63) is 102 Å². The minimum absolute atomic E-state index is 0.156. The first-order valence-electron chi connectivity index (χ1n) is 12.2. The molecule has 1 aromatic heterocycles. The van der Waals surface area contributed by atoms with Gasteiger partial charge in [0, 0.05) is 35.2 Å². The van der Waals surface area contributed by atoms with Gasteiger partial charge in [0.25, 0.3) is 0 Å². The highest BCUT2D eigenvalue weighted by molar-refractivity contribution is 6.06. The molecule has 5 nitrogen and oxygen atoms in total. The van der Waals surface area contributed by atoms with Crippen LogP contribution in [0.3, 0.4) is 0 Å². The van der Waals surface area contributed by atoms with Crippen LogP contribution in [0.5, 0.6) is 11.5 Å². The number of fused-ring (bicyclic) bond motifs is 2. The molecule has 0 saturated heterocycles. The summed E-state index contributed by atoms with van der Waals surface area (Å²) >= 11 is 0. The Hall–Kier alpha value is -4.51. The van der Waals surface area contributed by atoms with Crippen LogP contribution in [0.4, 0.5) is 0 Å². The number of benzene rings is 4. The molecule has 0 fully saturated rings. The highest BCUT2D eigenvalue weighted by atomic mass is 16.5. The molecule has 4 aromatic carbocycles. The molecule has 0 unspecified atom stereocenters. The minimum Gasteiger partial charge on any atom is -0.496 e. The van der Waals surface area contributed by atoms with Gasteiger partial charge in [-0.25, -0.2) is 0 Å². The number of ether oxygens (including phenoxy) is 2. The maximum Gasteiger partial charge on any atom is 0.244 e. The van der Waals surface area contributed by atoms with Gasteiger partial charge < -0.3 is 19.2 Å². The number of furan rings is 1. The van der Waals surface area contributed by atoms with E-state index in [-0.39, 0.29) is 5.91 Å². The molecule has 0 aliphatic carbocycles. The van der Waals surface area contributed by atoms with Crippen molar-refractivity contribution in [2.75, 3.05) is 20.8 Å². The van der Waals surface area contributed by atoms with Gasteiger partial charge in [-0.2, -0.15) is 0 Å². The zero-order valence-corrected chi connectivity index (χ0v) is 21.2. The second kappa shape index (κ2) is 10.6. The first kappa shape index (κ1) is 24.2. The van der Waals surface area contributed by atoms with Crippen molar-refractivity contribution < 1.29 is 18.7 Å². The predicted octanol–water partition coefficient (Wildman–Crippen LogP) is 7.03. The molecule has 5 heteroatoms. The van der Waals surface area contributed by atoms with Gasteiger partial charge in [-0.3, -0.25) is 4.79 Å². The van der Waals surface area contributed by atoms with Gasteiger partial charge >= 0.3 is 0 Å². The Labute approximate surface area is 216 Å². The van der Waals surface area contributed by atoms with E-state index in [4.69, 9.17) is 13.9 Å². The van der Waals surface area contributed by atoms with E-state index >= 15 is 0 Å². The number of allylic oxidation sites excluding steroid dienone is 1. The molecule has 0 saturated carbocycles. The number of hydrogen-bond donors (Lipinski definition) is 1. The number of rotatable bonds is 8. The van der Waals surface area contributed by atoms with Crippen LogP contribution in [0.1, 0.15) is 18.1 Å². The Morgan fingerprint density at radius 3 is 2.46 bits per heavy atom. The average molecular weight is 492 g/mol. The summed E-state index contributed by atoms with van der Waals surface area (Å²) in [5.74, 6) is 1.32. The highest BCUT2D eigenvalue weighted by Gasteiger charge is 2.16. The van der Waals surface area contributed by atoms with E-state index in [1.807, 2.05) is 55.5 Å². The fraction of sp³-hybridized carbons (Fsp3) is 0.156. The van der Waals surface area contributed by atoms with Crippen molar-refractivity contribution in [3.63, 3.8) is 0 Å². The van der Waals surface area contributed by atoms with Crippen molar-refractivity contribution >= 4 is 33.2 Å². The van der Waals surface area contributed by atoms with Crippen LogP contribution in [-0.4, -0.2) is 26.7 Å². The number of para-hydroxylation sites is 1. The molecule has 186 valence electrons. The van der Waals surface area contributed by atoms with Crippen LogP contribution in [-0.2, 0) is 11.2 Å². The van der Waals surface area contributed by atoms with Crippen molar-refractivity contribution in [2.45, 2.75) is 13.3 Å². The fourth-order valence-electron chi connectivity index (χ4n) is 4.76. The van der Waals surface area contributed by atoms with Crippen molar-refractivity contribution in [2.24, 2.45) is 0 Å². The van der Waals surface area contributed by atoms with Crippen molar-refractivity contribution in [1.29, 1.82) is 0 Å². The zero-order valence-electron chi connectivity index (χ0n) is 21.2. The first-order valence-corrected chi connectivity index (χ1v) is 12.2. The van der Waals surface area contributed by atoms with Gasteiger partial charge in [-0.15, -0.1) is 0 Å². The monoisotopic (exact) mass is 491 g/mol. The Balaban J connectivity index is 1.43. The van der Waals surface area contributed by atoms with Crippen LogP contribution < -0.4 is 14.8 Å². The molecule has 5 aromatic rings. The summed E-state index contributed by atoms with van der Waals surface area (Å²) in [6, 6.07) is 26.3. The molecule has 1 amide bonds. The predicted molar refractivity (Wildman–Crippen MR) is 149 cm³/mol. The molecule has 1 N–H and O–H groups in total. The minimum atomic E-state index is -0.156. The van der Waals surface area contributed by atoms with Gasteiger partial charge in [0.2, 0.25) is 5.91 Å². The number of amides is 1. The Kier molecular flexibility index (Phi) is 6.95. The van der Waals surface area contributed by atoms with Crippen LogP contribution in [0.2, 0.25) is 0 Å². The summed E-state index contributed by atoms with van der Waals surface area (Å²) < 4.78 is 17.0. The Morgan fingerprint density at radius 2 is 1.62 bits per heavy atom. The van der Waals surface area contributed by atoms with Crippen LogP contribution in [0.25, 0.3) is 38.4 Å². The summed E-state index contributed by atoms with van der Waals surface area (Å²) in [6.45, 7) is 2.42. The number of methoxy groups -OCH3 is 2. The van der Waals surface area contributed by atoms with Gasteiger partial charge in [-0.05, 0) is 52.9 Å². The van der Waals surface area contributed by atoms with E-state index in [0.717, 1.165) is 49.9 Å². The molecule has 5 rings (SSSR count). The smallest absolute Gasteiger partial charge is 0.244 e. The van der Waals surface area contributed by atoms with E-state index < -0.39 is 0 Å². The second-order valence-corrected chi connectivity index (χ2v) is 8.90. The molecule has 0 spiro atoms. The maximum absolute atomic E-state index is 12.7. The van der Waals surface area contributed by atoms with Crippen LogP contribution >= 0.6 is 0 Å². The third-order valence-electron chi connectivity index (χ3n) is 6.63. The van der Waals surface area contributed by atoms with Crippen LogP contribution in [0, 0.1) is 0 Å². The fourth-order valence-corrected chi connectivity index (χ4v) is 4.76. The molecule has 0 aliphatic heterocycles. The van der Waals surface area contributed by atoms with Gasteiger partial charge in [0.15, 0.2) is 0 Å². The summed E-state index contributed by atoms with van der Waals surface area (Å²) in [4.78, 5) is 12.7. The lowest BCUT2D eigenvalue weighted by atomic mass is 9.96. The number of carbonyl (C=O) groups is 1. The quantitative estimate of drug-likeness (QED) is 0.237. The number of carbonyl (C=O) groups excluding carboxylic acids is 1. The molecule has 0 atom stereocenters. The summed E-state index contributed by atoms with van der Waals surface area (Å²) in [6.07, 6.45) is 4.09. The highest BCUT2D eigenvalue weighted by Crippen LogP contribution is 2.39. The Morgan fingerprint density at radius 1 is 0.865 bits per heavy atom. The largest absolute Gasteiger partial charge is 0.496 e. The van der Waals surface area contributed by atoms with E-state index in [1.165, 1.54) is 5.39 Å². The van der Waals surface area contributed by atoms with E-state index in [2.05, 4.69) is 35.6 Å².